The summed E-state index contributed by atoms with van der Waals surface area (Å²) in [4.78, 5) is 26.3. The summed E-state index contributed by atoms with van der Waals surface area (Å²) in [6.07, 6.45) is 1.15. The van der Waals surface area contributed by atoms with Crippen molar-refractivity contribution < 1.29 is 17.9 Å². The van der Waals surface area contributed by atoms with E-state index in [0.717, 1.165) is 16.5 Å². The van der Waals surface area contributed by atoms with Crippen LogP contribution in [-0.4, -0.2) is 72.9 Å². The molecule has 0 spiro atoms. The van der Waals surface area contributed by atoms with Crippen molar-refractivity contribution in [1.29, 1.82) is 0 Å². The molecule has 0 saturated carbocycles. The maximum absolute atomic E-state index is 12.6. The topological polar surface area (TPSA) is 102 Å². The van der Waals surface area contributed by atoms with E-state index in [0.29, 0.717) is 11.4 Å². The van der Waals surface area contributed by atoms with Crippen LogP contribution in [0.5, 0.6) is 5.75 Å². The van der Waals surface area contributed by atoms with Crippen LogP contribution in [0.4, 0.5) is 0 Å². The van der Waals surface area contributed by atoms with E-state index in [2.05, 4.69) is 5.10 Å². The van der Waals surface area contributed by atoms with Crippen LogP contribution in [0.25, 0.3) is 11.3 Å². The van der Waals surface area contributed by atoms with Gasteiger partial charge in [-0.05, 0) is 18.2 Å². The van der Waals surface area contributed by atoms with Crippen LogP contribution in [0.3, 0.4) is 0 Å². The molecule has 2 heterocycles. The van der Waals surface area contributed by atoms with E-state index >= 15 is 0 Å². The molecule has 1 aliphatic rings. The van der Waals surface area contributed by atoms with Gasteiger partial charge in [-0.15, -0.1) is 0 Å². The first-order valence-corrected chi connectivity index (χ1v) is 10.6. The number of rotatable bonds is 5. The normalized spacial score (nSPS) is 15.4. The van der Waals surface area contributed by atoms with Crippen molar-refractivity contribution in [3.05, 3.63) is 46.8 Å². The predicted molar refractivity (Wildman–Crippen MR) is 103 cm³/mol. The SMILES string of the molecule is COc1cccc(-c2ccc(=O)n(CC(=O)N3CCN(S(C)(=O)=O)CC3)n2)c1. The van der Waals surface area contributed by atoms with Crippen LogP contribution in [0, 0.1) is 0 Å². The Morgan fingerprint density at radius 1 is 1.14 bits per heavy atom. The molecule has 1 fully saturated rings. The van der Waals surface area contributed by atoms with Crippen LogP contribution in [0.2, 0.25) is 0 Å². The molecule has 0 atom stereocenters. The molecular formula is C18H22N4O5S. The van der Waals surface area contributed by atoms with Crippen LogP contribution >= 0.6 is 0 Å². The van der Waals surface area contributed by atoms with Crippen LogP contribution in [-0.2, 0) is 21.4 Å². The smallest absolute Gasteiger partial charge is 0.267 e. The van der Waals surface area contributed by atoms with Crippen LogP contribution < -0.4 is 10.3 Å². The van der Waals surface area contributed by atoms with Crippen molar-refractivity contribution in [3.8, 4) is 17.0 Å². The third-order valence-electron chi connectivity index (χ3n) is 4.58. The van der Waals surface area contributed by atoms with Crippen molar-refractivity contribution in [3.63, 3.8) is 0 Å². The Balaban J connectivity index is 1.74. The number of amides is 1. The largest absolute Gasteiger partial charge is 0.497 e. The lowest BCUT2D eigenvalue weighted by molar-refractivity contribution is -0.133. The second-order valence-corrected chi connectivity index (χ2v) is 8.47. The molecule has 0 bridgehead atoms. The highest BCUT2D eigenvalue weighted by Gasteiger charge is 2.26. The Labute approximate surface area is 163 Å². The number of sulfonamides is 1. The molecule has 1 aromatic carbocycles. The number of carbonyl (C=O) groups excluding carboxylic acids is 1. The van der Waals surface area contributed by atoms with Gasteiger partial charge in [0.1, 0.15) is 12.3 Å². The zero-order valence-corrected chi connectivity index (χ0v) is 16.6. The van der Waals surface area contributed by atoms with E-state index in [-0.39, 0.29) is 44.2 Å². The van der Waals surface area contributed by atoms with Gasteiger partial charge in [-0.2, -0.15) is 9.40 Å². The molecule has 0 aliphatic carbocycles. The van der Waals surface area contributed by atoms with E-state index in [1.165, 1.54) is 10.4 Å². The number of piperazine rings is 1. The fourth-order valence-electron chi connectivity index (χ4n) is 3.00. The van der Waals surface area contributed by atoms with Crippen molar-refractivity contribution in [2.75, 3.05) is 39.5 Å². The van der Waals surface area contributed by atoms with Gasteiger partial charge in [-0.1, -0.05) is 12.1 Å². The quantitative estimate of drug-likeness (QED) is 0.694. The van der Waals surface area contributed by atoms with E-state index in [9.17, 15) is 18.0 Å². The summed E-state index contributed by atoms with van der Waals surface area (Å²) in [5.74, 6) is 0.391. The highest BCUT2D eigenvalue weighted by molar-refractivity contribution is 7.88. The lowest BCUT2D eigenvalue weighted by atomic mass is 10.1. The summed E-state index contributed by atoms with van der Waals surface area (Å²) >= 11 is 0. The van der Waals surface area contributed by atoms with Gasteiger partial charge in [-0.3, -0.25) is 9.59 Å². The Morgan fingerprint density at radius 2 is 1.86 bits per heavy atom. The highest BCUT2D eigenvalue weighted by Crippen LogP contribution is 2.21. The minimum absolute atomic E-state index is 0.199. The van der Waals surface area contributed by atoms with Crippen molar-refractivity contribution in [1.82, 2.24) is 19.0 Å². The number of carbonyl (C=O) groups is 1. The van der Waals surface area contributed by atoms with Gasteiger partial charge in [0.15, 0.2) is 0 Å². The van der Waals surface area contributed by atoms with Gasteiger partial charge in [0.25, 0.3) is 5.56 Å². The summed E-state index contributed by atoms with van der Waals surface area (Å²) in [6, 6.07) is 10.2. The Kier molecular flexibility index (Phi) is 5.80. The van der Waals surface area contributed by atoms with Gasteiger partial charge in [0.2, 0.25) is 15.9 Å². The summed E-state index contributed by atoms with van der Waals surface area (Å²) < 4.78 is 30.8. The molecule has 150 valence electrons. The molecular weight excluding hydrogens is 384 g/mol. The van der Waals surface area contributed by atoms with E-state index in [4.69, 9.17) is 4.74 Å². The molecule has 0 N–H and O–H groups in total. The predicted octanol–water partition coefficient (Wildman–Crippen LogP) is 0.0227. The lowest BCUT2D eigenvalue weighted by Gasteiger charge is -2.33. The number of methoxy groups -OCH3 is 1. The van der Waals surface area contributed by atoms with E-state index in [1.54, 1.807) is 30.2 Å². The third kappa shape index (κ3) is 4.57. The number of benzene rings is 1. The average Bonchev–Trinajstić information content (AvgIpc) is 2.69. The number of hydrogen-bond acceptors (Lipinski definition) is 6. The van der Waals surface area contributed by atoms with Crippen molar-refractivity contribution in [2.45, 2.75) is 6.54 Å². The molecule has 1 amide bonds. The Hall–Kier alpha value is -2.72. The monoisotopic (exact) mass is 406 g/mol. The molecule has 28 heavy (non-hydrogen) atoms. The molecule has 10 heteroatoms. The Bertz CT molecular complexity index is 1030. The number of aromatic nitrogens is 2. The first-order chi connectivity index (χ1) is 13.3. The van der Waals surface area contributed by atoms with Crippen molar-refractivity contribution in [2.24, 2.45) is 0 Å². The average molecular weight is 406 g/mol. The van der Waals surface area contributed by atoms with Gasteiger partial charge in [0, 0.05) is 37.8 Å². The van der Waals surface area contributed by atoms with Crippen molar-refractivity contribution >= 4 is 15.9 Å². The lowest BCUT2D eigenvalue weighted by Crippen LogP contribution is -2.51. The van der Waals surface area contributed by atoms with Crippen LogP contribution in [0.1, 0.15) is 0 Å². The fraction of sp³-hybridized carbons (Fsp3) is 0.389. The molecule has 0 radical (unpaired) electrons. The molecule has 2 aromatic rings. The molecule has 1 aromatic heterocycles. The van der Waals surface area contributed by atoms with Gasteiger partial charge < -0.3 is 9.64 Å². The minimum atomic E-state index is -3.27. The first kappa shape index (κ1) is 20.0. The summed E-state index contributed by atoms with van der Waals surface area (Å²) in [5, 5.41) is 4.30. The zero-order chi connectivity index (χ0) is 20.3. The second kappa shape index (κ2) is 8.11. The van der Waals surface area contributed by atoms with Gasteiger partial charge >= 0.3 is 0 Å². The van der Waals surface area contributed by atoms with E-state index < -0.39 is 10.0 Å². The maximum Gasteiger partial charge on any atom is 0.267 e. The molecule has 0 unspecified atom stereocenters. The molecule has 1 saturated heterocycles. The molecule has 9 nitrogen and oxygen atoms in total. The van der Waals surface area contributed by atoms with E-state index in [1.807, 2.05) is 12.1 Å². The number of hydrogen-bond donors (Lipinski definition) is 0. The minimum Gasteiger partial charge on any atom is -0.497 e. The van der Waals surface area contributed by atoms with Crippen LogP contribution in [0.15, 0.2) is 41.2 Å². The third-order valence-corrected chi connectivity index (χ3v) is 5.88. The number of nitrogens with zero attached hydrogens (tertiary/aromatic N) is 4. The summed E-state index contributed by atoms with van der Waals surface area (Å²) in [7, 11) is -1.70. The number of ether oxygens (including phenoxy) is 1. The highest BCUT2D eigenvalue weighted by atomic mass is 32.2. The molecule has 3 rings (SSSR count). The molecule has 1 aliphatic heterocycles. The standard InChI is InChI=1S/C18H22N4O5S/c1-27-15-5-3-4-14(12-15)16-6-7-17(23)22(19-16)13-18(24)20-8-10-21(11-9-20)28(2,25)26/h3-7,12H,8-11,13H2,1-2H3. The summed E-state index contributed by atoms with van der Waals surface area (Å²) in [5.41, 5.74) is 0.935. The second-order valence-electron chi connectivity index (χ2n) is 6.49. The zero-order valence-electron chi connectivity index (χ0n) is 15.7. The maximum atomic E-state index is 12.6. The fourth-order valence-corrected chi connectivity index (χ4v) is 3.82. The van der Waals surface area contributed by atoms with Gasteiger partial charge in [-0.25, -0.2) is 13.1 Å². The Morgan fingerprint density at radius 3 is 2.50 bits per heavy atom. The summed E-state index contributed by atoms with van der Waals surface area (Å²) in [6.45, 7) is 0.871. The van der Waals surface area contributed by atoms with Gasteiger partial charge in [0.05, 0.1) is 19.1 Å². The first-order valence-electron chi connectivity index (χ1n) is 8.73.